The first-order valence-electron chi connectivity index (χ1n) is 4.04. The predicted octanol–water partition coefficient (Wildman–Crippen LogP) is 1.56. The zero-order chi connectivity index (χ0) is 10.9. The molecule has 0 aliphatic rings. The van der Waals surface area contributed by atoms with Crippen LogP contribution in [0, 0.1) is 6.92 Å². The van der Waals surface area contributed by atoms with E-state index in [-0.39, 0.29) is 5.56 Å². The Balaban J connectivity index is 3.34. The molecule has 1 rings (SSSR count). The van der Waals surface area contributed by atoms with E-state index < -0.39 is 12.0 Å². The fraction of sp³-hybridized carbons (Fsp3) is 0.333. The van der Waals surface area contributed by atoms with Crippen molar-refractivity contribution in [2.24, 2.45) is 0 Å². The summed E-state index contributed by atoms with van der Waals surface area (Å²) in [5.41, 5.74) is 0.246. The average Bonchev–Trinajstić information content (AvgIpc) is 2.09. The van der Waals surface area contributed by atoms with Crippen molar-refractivity contribution in [3.63, 3.8) is 0 Å². The molecule has 1 heterocycles. The third-order valence-electron chi connectivity index (χ3n) is 1.96. The predicted molar refractivity (Wildman–Crippen MR) is 55.5 cm³/mol. The molecule has 0 bridgehead atoms. The van der Waals surface area contributed by atoms with Gasteiger partial charge in [-0.05, 0) is 35.8 Å². The Hall–Kier alpha value is -1.10. The molecule has 76 valence electrons. The van der Waals surface area contributed by atoms with E-state index in [9.17, 15) is 9.59 Å². The van der Waals surface area contributed by atoms with Gasteiger partial charge >= 0.3 is 5.97 Å². The minimum atomic E-state index is -1.02. The highest BCUT2D eigenvalue weighted by Crippen LogP contribution is 2.11. The number of nitrogens with zero attached hydrogens (tertiary/aromatic N) is 1. The molecule has 14 heavy (non-hydrogen) atoms. The van der Waals surface area contributed by atoms with Gasteiger partial charge in [-0.2, -0.15) is 0 Å². The van der Waals surface area contributed by atoms with Gasteiger partial charge < -0.3 is 9.67 Å². The minimum Gasteiger partial charge on any atom is -0.480 e. The number of aliphatic carboxylic acids is 1. The van der Waals surface area contributed by atoms with Crippen LogP contribution < -0.4 is 5.56 Å². The highest BCUT2D eigenvalue weighted by molar-refractivity contribution is 9.10. The molecule has 0 saturated carbocycles. The molecule has 1 atom stereocenters. The second kappa shape index (κ2) is 3.96. The van der Waals surface area contributed by atoms with E-state index in [0.29, 0.717) is 10.0 Å². The molecule has 4 nitrogen and oxygen atoms in total. The lowest BCUT2D eigenvalue weighted by Gasteiger charge is -2.11. The number of hydrogen-bond donors (Lipinski definition) is 1. The van der Waals surface area contributed by atoms with Gasteiger partial charge in [0.1, 0.15) is 6.04 Å². The summed E-state index contributed by atoms with van der Waals surface area (Å²) in [4.78, 5) is 22.2. The normalized spacial score (nSPS) is 12.5. The van der Waals surface area contributed by atoms with Crippen molar-refractivity contribution < 1.29 is 9.90 Å². The molecular formula is C9H10BrNO3. The number of rotatable bonds is 2. The Morgan fingerprint density at radius 3 is 2.71 bits per heavy atom. The van der Waals surface area contributed by atoms with Gasteiger partial charge in [0.05, 0.1) is 0 Å². The zero-order valence-corrected chi connectivity index (χ0v) is 9.41. The molecule has 0 radical (unpaired) electrons. The second-order valence-corrected chi connectivity index (χ2v) is 3.98. The molecule has 0 aromatic carbocycles. The van der Waals surface area contributed by atoms with Crippen LogP contribution in [0.25, 0.3) is 0 Å². The van der Waals surface area contributed by atoms with Crippen LogP contribution in [0.15, 0.2) is 21.5 Å². The molecule has 0 spiro atoms. The van der Waals surface area contributed by atoms with E-state index in [0.717, 1.165) is 0 Å². The van der Waals surface area contributed by atoms with Gasteiger partial charge in [-0.3, -0.25) is 4.79 Å². The van der Waals surface area contributed by atoms with Crippen molar-refractivity contribution in [2.45, 2.75) is 19.9 Å². The minimum absolute atomic E-state index is 0.275. The first-order chi connectivity index (χ1) is 6.43. The van der Waals surface area contributed by atoms with Crippen LogP contribution in [0.3, 0.4) is 0 Å². The smallest absolute Gasteiger partial charge is 0.326 e. The third kappa shape index (κ3) is 2.04. The van der Waals surface area contributed by atoms with Crippen LogP contribution in [0.4, 0.5) is 0 Å². The standard InChI is InChI=1S/C9H10BrNO3/c1-5-3-7(10)4-11(8(5)12)6(2)9(13)14/h3-4,6H,1-2H3,(H,13,14). The highest BCUT2D eigenvalue weighted by Gasteiger charge is 2.15. The van der Waals surface area contributed by atoms with Crippen LogP contribution in [0.2, 0.25) is 0 Å². The topological polar surface area (TPSA) is 59.3 Å². The quantitative estimate of drug-likeness (QED) is 0.877. The molecule has 1 aromatic rings. The largest absolute Gasteiger partial charge is 0.480 e. The van der Waals surface area contributed by atoms with Crippen LogP contribution >= 0.6 is 15.9 Å². The summed E-state index contributed by atoms with van der Waals surface area (Å²) in [7, 11) is 0. The highest BCUT2D eigenvalue weighted by atomic mass is 79.9. The van der Waals surface area contributed by atoms with Crippen molar-refractivity contribution in [1.29, 1.82) is 0 Å². The average molecular weight is 260 g/mol. The number of carbonyl (C=O) groups is 1. The Morgan fingerprint density at radius 2 is 2.21 bits per heavy atom. The molecule has 5 heteroatoms. The Bertz CT molecular complexity index is 425. The van der Waals surface area contributed by atoms with Gasteiger partial charge in [-0.25, -0.2) is 4.79 Å². The lowest BCUT2D eigenvalue weighted by Crippen LogP contribution is -2.28. The lowest BCUT2D eigenvalue weighted by molar-refractivity contribution is -0.140. The number of carboxylic acid groups (broad SMARTS) is 1. The van der Waals surface area contributed by atoms with E-state index in [2.05, 4.69) is 15.9 Å². The summed E-state index contributed by atoms with van der Waals surface area (Å²) >= 11 is 3.21. The van der Waals surface area contributed by atoms with Crippen LogP contribution in [-0.2, 0) is 4.79 Å². The molecule has 0 amide bonds. The Labute approximate surface area is 89.3 Å². The third-order valence-corrected chi connectivity index (χ3v) is 2.40. The molecule has 0 aliphatic heterocycles. The van der Waals surface area contributed by atoms with Crippen LogP contribution in [0.5, 0.6) is 0 Å². The van der Waals surface area contributed by atoms with Crippen molar-refractivity contribution in [3.05, 3.63) is 32.7 Å². The number of halogens is 1. The van der Waals surface area contributed by atoms with Crippen molar-refractivity contribution >= 4 is 21.9 Å². The molecule has 0 fully saturated rings. The van der Waals surface area contributed by atoms with Gasteiger partial charge in [-0.15, -0.1) is 0 Å². The van der Waals surface area contributed by atoms with Crippen molar-refractivity contribution in [3.8, 4) is 0 Å². The SMILES string of the molecule is Cc1cc(Br)cn(C(C)C(=O)O)c1=O. The number of aromatic nitrogens is 1. The summed E-state index contributed by atoms with van der Waals surface area (Å²) in [5, 5.41) is 8.77. The summed E-state index contributed by atoms with van der Waals surface area (Å²) in [5.74, 6) is -1.02. The van der Waals surface area contributed by atoms with E-state index in [4.69, 9.17) is 5.11 Å². The summed E-state index contributed by atoms with van der Waals surface area (Å²) < 4.78 is 1.89. The zero-order valence-electron chi connectivity index (χ0n) is 7.82. The van der Waals surface area contributed by atoms with Gasteiger partial charge in [0.15, 0.2) is 0 Å². The Morgan fingerprint density at radius 1 is 1.64 bits per heavy atom. The maximum atomic E-state index is 11.5. The summed E-state index contributed by atoms with van der Waals surface area (Å²) in [6, 6.07) is 0.812. The first kappa shape index (κ1) is 11.0. The molecular weight excluding hydrogens is 250 g/mol. The van der Waals surface area contributed by atoms with Crippen molar-refractivity contribution in [2.75, 3.05) is 0 Å². The lowest BCUT2D eigenvalue weighted by atomic mass is 10.2. The molecule has 0 saturated heterocycles. The van der Waals surface area contributed by atoms with E-state index in [1.807, 2.05) is 0 Å². The molecule has 1 aromatic heterocycles. The fourth-order valence-corrected chi connectivity index (χ4v) is 1.67. The number of aryl methyl sites for hydroxylation is 1. The molecule has 1 unspecified atom stereocenters. The summed E-state index contributed by atoms with van der Waals surface area (Å²) in [6.07, 6.45) is 1.48. The van der Waals surface area contributed by atoms with Gasteiger partial charge in [0.2, 0.25) is 0 Å². The summed E-state index contributed by atoms with van der Waals surface area (Å²) in [6.45, 7) is 3.12. The maximum Gasteiger partial charge on any atom is 0.326 e. The van der Waals surface area contributed by atoms with E-state index in [1.165, 1.54) is 17.7 Å². The van der Waals surface area contributed by atoms with E-state index in [1.54, 1.807) is 13.0 Å². The van der Waals surface area contributed by atoms with Gasteiger partial charge in [0.25, 0.3) is 5.56 Å². The second-order valence-electron chi connectivity index (χ2n) is 3.07. The molecule has 1 N–H and O–H groups in total. The number of carboxylic acids is 1. The van der Waals surface area contributed by atoms with Crippen molar-refractivity contribution in [1.82, 2.24) is 4.57 Å². The first-order valence-corrected chi connectivity index (χ1v) is 4.84. The van der Waals surface area contributed by atoms with Crippen LogP contribution in [-0.4, -0.2) is 15.6 Å². The number of hydrogen-bond acceptors (Lipinski definition) is 2. The van der Waals surface area contributed by atoms with Gasteiger partial charge in [-0.1, -0.05) is 0 Å². The monoisotopic (exact) mass is 259 g/mol. The van der Waals surface area contributed by atoms with Gasteiger partial charge in [0, 0.05) is 16.2 Å². The number of pyridine rings is 1. The molecule has 0 aliphatic carbocycles. The fourth-order valence-electron chi connectivity index (χ4n) is 1.11. The van der Waals surface area contributed by atoms with Crippen LogP contribution in [0.1, 0.15) is 18.5 Å². The Kier molecular flexibility index (Phi) is 3.10. The maximum absolute atomic E-state index is 11.5. The van der Waals surface area contributed by atoms with E-state index >= 15 is 0 Å².